The topological polar surface area (TPSA) is 66.0 Å². The smallest absolute Gasteiger partial charge is 0.249 e. The fourth-order valence-electron chi connectivity index (χ4n) is 1.78. The van der Waals surface area contributed by atoms with Gasteiger partial charge in [-0.15, -0.1) is 5.10 Å². The summed E-state index contributed by atoms with van der Waals surface area (Å²) in [6.45, 7) is 1.81. The maximum absolute atomic E-state index is 6.11. The Morgan fingerprint density at radius 1 is 1.18 bits per heavy atom. The van der Waals surface area contributed by atoms with Gasteiger partial charge in [-0.1, -0.05) is 29.3 Å². The van der Waals surface area contributed by atoms with Crippen molar-refractivity contribution in [3.63, 3.8) is 0 Å². The second-order valence-electron chi connectivity index (χ2n) is 4.97. The number of hydrogen-bond donors (Lipinski definition) is 2. The highest BCUT2D eigenvalue weighted by atomic mass is 35.5. The number of halogens is 2. The number of aromatic nitrogens is 3. The summed E-state index contributed by atoms with van der Waals surface area (Å²) in [7, 11) is 4.09. The molecule has 0 spiro atoms. The van der Waals surface area contributed by atoms with E-state index in [1.165, 1.54) is 0 Å². The van der Waals surface area contributed by atoms with Crippen LogP contribution in [0.3, 0.4) is 0 Å². The number of para-hydroxylation sites is 1. The van der Waals surface area contributed by atoms with Crippen molar-refractivity contribution in [3.8, 4) is 0 Å². The zero-order valence-electron chi connectivity index (χ0n) is 12.5. The number of benzene rings is 1. The molecule has 0 unspecified atom stereocenters. The standard InChI is InChI=1S/C14H18Cl2N6/c1-22(2)8-4-7-17-12-9-18-21-14(19-12)20-13-10(15)5-3-6-11(13)16/h3,5-6,9H,4,7-8H2,1-2H3,(H2,17,19,20,21). The minimum Gasteiger partial charge on any atom is -0.369 e. The average Bonchev–Trinajstić information content (AvgIpc) is 2.48. The van der Waals surface area contributed by atoms with Crippen LogP contribution in [-0.2, 0) is 0 Å². The van der Waals surface area contributed by atoms with Gasteiger partial charge in [-0.25, -0.2) is 0 Å². The van der Waals surface area contributed by atoms with Gasteiger partial charge in [0.25, 0.3) is 0 Å². The van der Waals surface area contributed by atoms with E-state index in [2.05, 4.69) is 30.7 Å². The molecule has 0 amide bonds. The van der Waals surface area contributed by atoms with Crippen LogP contribution in [0.1, 0.15) is 6.42 Å². The van der Waals surface area contributed by atoms with Gasteiger partial charge in [0.05, 0.1) is 21.9 Å². The predicted molar refractivity (Wildman–Crippen MR) is 91.2 cm³/mol. The van der Waals surface area contributed by atoms with Crippen molar-refractivity contribution in [2.45, 2.75) is 6.42 Å². The molecule has 0 fully saturated rings. The Balaban J connectivity index is 1.99. The molecule has 0 bridgehead atoms. The number of rotatable bonds is 7. The highest BCUT2D eigenvalue weighted by molar-refractivity contribution is 6.39. The first-order valence-electron chi connectivity index (χ1n) is 6.85. The molecule has 0 aliphatic heterocycles. The van der Waals surface area contributed by atoms with Crippen molar-refractivity contribution >= 4 is 40.7 Å². The monoisotopic (exact) mass is 340 g/mol. The Kier molecular flexibility index (Phi) is 6.18. The van der Waals surface area contributed by atoms with E-state index in [9.17, 15) is 0 Å². The highest BCUT2D eigenvalue weighted by Gasteiger charge is 2.08. The van der Waals surface area contributed by atoms with Crippen molar-refractivity contribution in [1.82, 2.24) is 20.1 Å². The summed E-state index contributed by atoms with van der Waals surface area (Å²) in [4.78, 5) is 6.47. The van der Waals surface area contributed by atoms with Crippen LogP contribution >= 0.6 is 23.2 Å². The molecule has 0 atom stereocenters. The number of nitrogens with zero attached hydrogens (tertiary/aromatic N) is 4. The highest BCUT2D eigenvalue weighted by Crippen LogP contribution is 2.31. The Hall–Kier alpha value is -1.63. The lowest BCUT2D eigenvalue weighted by molar-refractivity contribution is 0.405. The third-order valence-electron chi connectivity index (χ3n) is 2.85. The lowest BCUT2D eigenvalue weighted by Gasteiger charge is -2.11. The third-order valence-corrected chi connectivity index (χ3v) is 3.48. The number of hydrogen-bond acceptors (Lipinski definition) is 6. The van der Waals surface area contributed by atoms with Crippen LogP contribution in [0.25, 0.3) is 0 Å². The first-order chi connectivity index (χ1) is 10.6. The normalized spacial score (nSPS) is 10.8. The van der Waals surface area contributed by atoms with Gasteiger partial charge in [0, 0.05) is 6.54 Å². The molecule has 22 heavy (non-hydrogen) atoms. The quantitative estimate of drug-likeness (QED) is 0.754. The molecule has 8 heteroatoms. The Bertz CT molecular complexity index is 600. The molecule has 1 aromatic carbocycles. The molecule has 6 nitrogen and oxygen atoms in total. The fraction of sp³-hybridized carbons (Fsp3) is 0.357. The summed E-state index contributed by atoms with van der Waals surface area (Å²) < 4.78 is 0. The van der Waals surface area contributed by atoms with E-state index in [0.717, 1.165) is 19.5 Å². The van der Waals surface area contributed by atoms with E-state index in [0.29, 0.717) is 27.5 Å². The van der Waals surface area contributed by atoms with E-state index in [1.807, 2.05) is 14.1 Å². The molecular weight excluding hydrogens is 323 g/mol. The molecule has 2 N–H and O–H groups in total. The maximum Gasteiger partial charge on any atom is 0.249 e. The van der Waals surface area contributed by atoms with E-state index in [1.54, 1.807) is 24.4 Å². The molecule has 0 radical (unpaired) electrons. The van der Waals surface area contributed by atoms with Gasteiger partial charge in [-0.2, -0.15) is 10.1 Å². The Morgan fingerprint density at radius 3 is 2.59 bits per heavy atom. The summed E-state index contributed by atoms with van der Waals surface area (Å²) >= 11 is 12.2. The zero-order valence-corrected chi connectivity index (χ0v) is 14.0. The zero-order chi connectivity index (χ0) is 15.9. The van der Waals surface area contributed by atoms with Crippen molar-refractivity contribution in [1.29, 1.82) is 0 Å². The van der Waals surface area contributed by atoms with E-state index in [-0.39, 0.29) is 0 Å². The molecule has 118 valence electrons. The van der Waals surface area contributed by atoms with Gasteiger partial charge >= 0.3 is 0 Å². The minimum absolute atomic E-state index is 0.340. The second kappa shape index (κ2) is 8.12. The van der Waals surface area contributed by atoms with Crippen molar-refractivity contribution < 1.29 is 0 Å². The van der Waals surface area contributed by atoms with Gasteiger partial charge in [0.15, 0.2) is 5.82 Å². The van der Waals surface area contributed by atoms with Gasteiger partial charge in [-0.3, -0.25) is 0 Å². The largest absolute Gasteiger partial charge is 0.369 e. The summed E-state index contributed by atoms with van der Waals surface area (Å²) in [6, 6.07) is 5.26. The van der Waals surface area contributed by atoms with E-state index in [4.69, 9.17) is 23.2 Å². The molecule has 1 aromatic heterocycles. The summed E-state index contributed by atoms with van der Waals surface area (Å²) in [5, 5.41) is 15.1. The third kappa shape index (κ3) is 4.98. The molecule has 2 aromatic rings. The fourth-order valence-corrected chi connectivity index (χ4v) is 2.27. The molecule has 1 heterocycles. The van der Waals surface area contributed by atoms with Crippen molar-refractivity contribution in [2.75, 3.05) is 37.8 Å². The van der Waals surface area contributed by atoms with Gasteiger partial charge < -0.3 is 15.5 Å². The van der Waals surface area contributed by atoms with Crippen molar-refractivity contribution in [2.24, 2.45) is 0 Å². The van der Waals surface area contributed by atoms with Crippen LogP contribution in [0.2, 0.25) is 10.0 Å². The lowest BCUT2D eigenvalue weighted by atomic mass is 10.3. The molecule has 0 saturated heterocycles. The number of anilines is 3. The molecule has 0 aliphatic carbocycles. The second-order valence-corrected chi connectivity index (χ2v) is 5.78. The molecular formula is C14H18Cl2N6. The maximum atomic E-state index is 6.11. The van der Waals surface area contributed by atoms with Crippen molar-refractivity contribution in [3.05, 3.63) is 34.4 Å². The van der Waals surface area contributed by atoms with Crippen LogP contribution in [0.15, 0.2) is 24.4 Å². The van der Waals surface area contributed by atoms with Gasteiger partial charge in [0.1, 0.15) is 0 Å². The summed E-state index contributed by atoms with van der Waals surface area (Å²) in [5.41, 5.74) is 0.567. The molecule has 2 rings (SSSR count). The number of nitrogens with one attached hydrogen (secondary N) is 2. The van der Waals surface area contributed by atoms with Crippen LogP contribution in [-0.4, -0.2) is 47.3 Å². The van der Waals surface area contributed by atoms with Crippen LogP contribution in [0.5, 0.6) is 0 Å². The van der Waals surface area contributed by atoms with Crippen LogP contribution in [0, 0.1) is 0 Å². The lowest BCUT2D eigenvalue weighted by Crippen LogP contribution is -2.17. The predicted octanol–water partition coefficient (Wildman–Crippen LogP) is 3.29. The van der Waals surface area contributed by atoms with Crippen LogP contribution in [0.4, 0.5) is 17.5 Å². The SMILES string of the molecule is CN(C)CCCNc1cnnc(Nc2c(Cl)cccc2Cl)n1. The van der Waals surface area contributed by atoms with Crippen LogP contribution < -0.4 is 10.6 Å². The minimum atomic E-state index is 0.340. The summed E-state index contributed by atoms with van der Waals surface area (Å²) in [6.07, 6.45) is 2.59. The molecule has 0 aliphatic rings. The first kappa shape index (κ1) is 16.7. The van der Waals surface area contributed by atoms with E-state index < -0.39 is 0 Å². The van der Waals surface area contributed by atoms with Gasteiger partial charge in [-0.05, 0) is 39.2 Å². The molecule has 0 saturated carbocycles. The average molecular weight is 341 g/mol. The Morgan fingerprint density at radius 2 is 1.91 bits per heavy atom. The first-order valence-corrected chi connectivity index (χ1v) is 7.61. The van der Waals surface area contributed by atoms with E-state index >= 15 is 0 Å². The van der Waals surface area contributed by atoms with Gasteiger partial charge in [0.2, 0.25) is 5.95 Å². The summed E-state index contributed by atoms with van der Waals surface area (Å²) in [5.74, 6) is 0.993. The Labute approximate surface area is 139 Å².